The summed E-state index contributed by atoms with van der Waals surface area (Å²) in [7, 11) is -9.49. The van der Waals surface area contributed by atoms with E-state index in [1.807, 2.05) is 0 Å². The zero-order chi connectivity index (χ0) is 19.0. The average Bonchev–Trinajstić information content (AvgIpc) is 2.36. The number of hydrogen-bond acceptors (Lipinski definition) is 3. The fourth-order valence-electron chi connectivity index (χ4n) is 1.61. The summed E-state index contributed by atoms with van der Waals surface area (Å²) in [5, 5.41) is -6.46. The molecule has 3 nitrogen and oxygen atoms in total. The summed E-state index contributed by atoms with van der Waals surface area (Å²) >= 11 is 0. The van der Waals surface area contributed by atoms with E-state index >= 15 is 0 Å². The lowest BCUT2D eigenvalue weighted by Crippen LogP contribution is -2.56. The zero-order valence-corrected chi connectivity index (χ0v) is 13.9. The molecule has 0 spiro atoms. The van der Waals surface area contributed by atoms with Crippen LogP contribution in [0.2, 0.25) is 0 Å². The summed E-state index contributed by atoms with van der Waals surface area (Å²) in [6.45, 7) is 0. The predicted octanol–water partition coefficient (Wildman–Crippen LogP) is 4.30. The van der Waals surface area contributed by atoms with Gasteiger partial charge in [-0.2, -0.15) is 39.2 Å². The number of rotatable bonds is 6. The highest BCUT2D eigenvalue weighted by Gasteiger charge is 2.79. The standard InChI is InChI=1S/C12H13F7O3S2/c1-23(2,8-9-6-4-3-5-7-9)22-24(20,21)12(18,19)10(13,14)11(15,16)17/h3-7H,8H2,1-2H3. The van der Waals surface area contributed by atoms with Crippen LogP contribution >= 0.6 is 10.3 Å². The van der Waals surface area contributed by atoms with Gasteiger partial charge in [0.2, 0.25) is 0 Å². The molecule has 0 aromatic heterocycles. The number of alkyl halides is 7. The molecule has 1 aromatic carbocycles. The summed E-state index contributed by atoms with van der Waals surface area (Å²) in [5.41, 5.74) is 0.443. The fraction of sp³-hybridized carbons (Fsp3) is 0.500. The van der Waals surface area contributed by atoms with Crippen molar-refractivity contribution >= 4 is 20.4 Å². The molecule has 0 heterocycles. The third-order valence-electron chi connectivity index (χ3n) is 2.67. The Morgan fingerprint density at radius 3 is 1.79 bits per heavy atom. The zero-order valence-electron chi connectivity index (χ0n) is 12.3. The molecule has 140 valence electrons. The van der Waals surface area contributed by atoms with Gasteiger partial charge in [-0.1, -0.05) is 30.3 Å². The molecule has 0 saturated heterocycles. The molecule has 0 saturated carbocycles. The van der Waals surface area contributed by atoms with Crippen LogP contribution in [-0.4, -0.2) is 38.3 Å². The maximum absolute atomic E-state index is 13.4. The minimum atomic E-state index is -6.79. The summed E-state index contributed by atoms with van der Waals surface area (Å²) in [4.78, 5) is 0. The lowest BCUT2D eigenvalue weighted by molar-refractivity contribution is -0.333. The highest BCUT2D eigenvalue weighted by molar-refractivity contribution is 8.31. The summed E-state index contributed by atoms with van der Waals surface area (Å²) in [5.74, 6) is -7.03. The molecule has 0 aliphatic rings. The number of halogens is 7. The number of benzene rings is 1. The first-order valence-electron chi connectivity index (χ1n) is 6.06. The van der Waals surface area contributed by atoms with E-state index in [1.165, 1.54) is 12.1 Å². The second-order valence-electron chi connectivity index (χ2n) is 5.18. The van der Waals surface area contributed by atoms with E-state index in [1.54, 1.807) is 18.2 Å². The van der Waals surface area contributed by atoms with E-state index in [0.29, 0.717) is 5.56 Å². The van der Waals surface area contributed by atoms with E-state index in [9.17, 15) is 39.2 Å². The Labute approximate surface area is 135 Å². The van der Waals surface area contributed by atoms with E-state index in [2.05, 4.69) is 3.63 Å². The molecule has 1 aromatic rings. The Morgan fingerprint density at radius 1 is 0.917 bits per heavy atom. The molecule has 0 radical (unpaired) electrons. The van der Waals surface area contributed by atoms with Gasteiger partial charge in [0, 0.05) is 5.75 Å². The smallest absolute Gasteiger partial charge is 0.215 e. The monoisotopic (exact) mass is 402 g/mol. The van der Waals surface area contributed by atoms with Crippen LogP contribution in [0.1, 0.15) is 5.56 Å². The van der Waals surface area contributed by atoms with Gasteiger partial charge < -0.3 is 0 Å². The van der Waals surface area contributed by atoms with Crippen molar-refractivity contribution in [2.45, 2.75) is 23.1 Å². The molecule has 0 unspecified atom stereocenters. The summed E-state index contributed by atoms with van der Waals surface area (Å²) < 4.78 is 116. The molecule has 0 fully saturated rings. The number of hydrogen-bond donors (Lipinski definition) is 0. The van der Waals surface area contributed by atoms with Gasteiger partial charge >= 0.3 is 27.5 Å². The molecule has 24 heavy (non-hydrogen) atoms. The fourth-order valence-corrected chi connectivity index (χ4v) is 5.51. The van der Waals surface area contributed by atoms with Crippen LogP contribution in [0, 0.1) is 0 Å². The lowest BCUT2D eigenvalue weighted by Gasteiger charge is -2.34. The van der Waals surface area contributed by atoms with Gasteiger partial charge in [-0.25, -0.2) is 3.63 Å². The van der Waals surface area contributed by atoms with Gasteiger partial charge in [0.05, 0.1) is 0 Å². The third kappa shape index (κ3) is 4.14. The largest absolute Gasteiger partial charge is 0.461 e. The van der Waals surface area contributed by atoms with Crippen LogP contribution in [0.4, 0.5) is 30.7 Å². The van der Waals surface area contributed by atoms with E-state index < -0.39 is 37.8 Å². The van der Waals surface area contributed by atoms with E-state index in [-0.39, 0.29) is 5.75 Å². The van der Waals surface area contributed by atoms with Crippen molar-refractivity contribution in [1.82, 2.24) is 0 Å². The van der Waals surface area contributed by atoms with Crippen molar-refractivity contribution in [2.24, 2.45) is 0 Å². The third-order valence-corrected chi connectivity index (χ3v) is 6.77. The summed E-state index contributed by atoms with van der Waals surface area (Å²) in [6.07, 6.45) is -4.65. The van der Waals surface area contributed by atoms with Gasteiger partial charge in [-0.3, -0.25) is 0 Å². The first-order chi connectivity index (χ1) is 10.5. The van der Waals surface area contributed by atoms with Crippen LogP contribution < -0.4 is 0 Å². The van der Waals surface area contributed by atoms with Crippen molar-refractivity contribution in [3.63, 3.8) is 0 Å². The minimum absolute atomic E-state index is 0.235. The first kappa shape index (κ1) is 21.0. The van der Waals surface area contributed by atoms with Crippen LogP contribution in [0.25, 0.3) is 0 Å². The molecule has 12 heteroatoms. The normalized spacial score (nSPS) is 15.4. The Balaban J connectivity index is 3.11. The SMILES string of the molecule is CS(C)(Cc1ccccc1)OS(=O)(=O)C(F)(F)C(F)(F)C(F)(F)F. The first-order valence-corrected chi connectivity index (χ1v) is 10.0. The second kappa shape index (κ2) is 6.37. The molecule has 0 aliphatic heterocycles. The molecule has 0 aliphatic carbocycles. The van der Waals surface area contributed by atoms with Crippen molar-refractivity contribution in [1.29, 1.82) is 0 Å². The topological polar surface area (TPSA) is 43.4 Å². The molecule has 0 bridgehead atoms. The highest BCUT2D eigenvalue weighted by atomic mass is 32.3. The maximum Gasteiger partial charge on any atom is 0.461 e. The van der Waals surface area contributed by atoms with Crippen molar-refractivity contribution in [3.8, 4) is 0 Å². The Morgan fingerprint density at radius 2 is 1.38 bits per heavy atom. The van der Waals surface area contributed by atoms with Gasteiger partial charge in [0.1, 0.15) is 0 Å². The Hall–Kier alpha value is -1.01. The molecule has 0 atom stereocenters. The Kier molecular flexibility index (Phi) is 5.59. The van der Waals surface area contributed by atoms with Crippen LogP contribution in [0.3, 0.4) is 0 Å². The van der Waals surface area contributed by atoms with Crippen molar-refractivity contribution in [2.75, 3.05) is 12.5 Å². The van der Waals surface area contributed by atoms with Gasteiger partial charge in [0.15, 0.2) is 0 Å². The van der Waals surface area contributed by atoms with Gasteiger partial charge in [-0.05, 0) is 18.1 Å². The van der Waals surface area contributed by atoms with Crippen molar-refractivity contribution in [3.05, 3.63) is 35.9 Å². The van der Waals surface area contributed by atoms with E-state index in [0.717, 1.165) is 12.5 Å². The molecular formula is C12H13F7O3S2. The van der Waals surface area contributed by atoms with Crippen LogP contribution in [0.15, 0.2) is 30.3 Å². The van der Waals surface area contributed by atoms with Gasteiger partial charge in [0.25, 0.3) is 0 Å². The van der Waals surface area contributed by atoms with Gasteiger partial charge in [-0.15, -0.1) is 10.3 Å². The molecular weight excluding hydrogens is 389 g/mol. The predicted molar refractivity (Wildman–Crippen MR) is 75.5 cm³/mol. The highest BCUT2D eigenvalue weighted by Crippen LogP contribution is 2.54. The Bertz CT molecular complexity index is 670. The second-order valence-corrected chi connectivity index (χ2v) is 10.3. The van der Waals surface area contributed by atoms with Crippen LogP contribution in [0.5, 0.6) is 0 Å². The quantitative estimate of drug-likeness (QED) is 0.667. The van der Waals surface area contributed by atoms with Crippen LogP contribution in [-0.2, 0) is 19.5 Å². The summed E-state index contributed by atoms with van der Waals surface area (Å²) in [6, 6.07) is 7.69. The maximum atomic E-state index is 13.4. The van der Waals surface area contributed by atoms with Crippen molar-refractivity contribution < 1.29 is 42.8 Å². The minimum Gasteiger partial charge on any atom is -0.215 e. The average molecular weight is 402 g/mol. The van der Waals surface area contributed by atoms with E-state index in [4.69, 9.17) is 0 Å². The lowest BCUT2D eigenvalue weighted by atomic mass is 10.2. The molecule has 1 rings (SSSR count). The molecule has 0 amide bonds. The molecule has 0 N–H and O–H groups in total.